The van der Waals surface area contributed by atoms with Gasteiger partial charge in [0.15, 0.2) is 5.78 Å². The predicted molar refractivity (Wildman–Crippen MR) is 35.0 cm³/mol. The summed E-state index contributed by atoms with van der Waals surface area (Å²) in [6.07, 6.45) is 2.43. The third kappa shape index (κ3) is 2.14. The molecule has 0 aromatic heterocycles. The summed E-state index contributed by atoms with van der Waals surface area (Å²) in [4.78, 5) is 12.4. The van der Waals surface area contributed by atoms with Crippen LogP contribution in [0.2, 0.25) is 0 Å². The Labute approximate surface area is 55.8 Å². The van der Waals surface area contributed by atoms with Crippen molar-refractivity contribution in [1.29, 1.82) is 0 Å². The van der Waals surface area contributed by atoms with E-state index in [0.717, 1.165) is 13.1 Å². The van der Waals surface area contributed by atoms with Crippen molar-refractivity contribution < 1.29 is 4.79 Å². The van der Waals surface area contributed by atoms with Gasteiger partial charge in [0.2, 0.25) is 0 Å². The van der Waals surface area contributed by atoms with E-state index < -0.39 is 0 Å². The first-order valence-corrected chi connectivity index (χ1v) is 3.30. The molecular weight excluding hydrogens is 114 g/mol. The summed E-state index contributed by atoms with van der Waals surface area (Å²) in [7, 11) is 0. The average Bonchev–Trinajstić information content (AvgIpc) is 2.15. The minimum atomic E-state index is -0.211. The van der Waals surface area contributed by atoms with Gasteiger partial charge in [-0.25, -0.2) is 0 Å². The number of carbonyl (C=O) groups excluding carboxylic acids is 1. The smallest absolute Gasteiger partial charge is 0.151 e. The van der Waals surface area contributed by atoms with E-state index in [1.54, 1.807) is 0 Å². The molecule has 0 saturated carbocycles. The Morgan fingerprint density at radius 2 is 2.00 bits per heavy atom. The zero-order valence-corrected chi connectivity index (χ0v) is 5.47. The summed E-state index contributed by atoms with van der Waals surface area (Å²) in [5.41, 5.74) is 0. The SMILES string of the molecule is [CH]C(=O)CN1CCCC1. The topological polar surface area (TPSA) is 20.3 Å². The van der Waals surface area contributed by atoms with Crippen molar-refractivity contribution in [2.45, 2.75) is 12.8 Å². The van der Waals surface area contributed by atoms with Crippen LogP contribution in [-0.2, 0) is 4.79 Å². The number of nitrogens with zero attached hydrogens (tertiary/aromatic N) is 1. The molecule has 1 rings (SSSR count). The number of carbonyl (C=O) groups is 1. The molecule has 0 atom stereocenters. The molecule has 0 aromatic rings. The van der Waals surface area contributed by atoms with Gasteiger partial charge >= 0.3 is 0 Å². The Morgan fingerprint density at radius 3 is 2.44 bits per heavy atom. The summed E-state index contributed by atoms with van der Waals surface area (Å²) in [5.74, 6) is -0.211. The van der Waals surface area contributed by atoms with Crippen molar-refractivity contribution in [2.24, 2.45) is 0 Å². The first-order chi connectivity index (χ1) is 4.29. The molecule has 9 heavy (non-hydrogen) atoms. The second-order valence-electron chi connectivity index (χ2n) is 2.45. The summed E-state index contributed by atoms with van der Waals surface area (Å²) < 4.78 is 0. The second-order valence-corrected chi connectivity index (χ2v) is 2.45. The molecule has 0 N–H and O–H groups in total. The summed E-state index contributed by atoms with van der Waals surface area (Å²) >= 11 is 0. The Morgan fingerprint density at radius 1 is 1.44 bits per heavy atom. The third-order valence-electron chi connectivity index (χ3n) is 1.58. The van der Waals surface area contributed by atoms with E-state index in [2.05, 4.69) is 4.90 Å². The molecule has 50 valence electrons. The van der Waals surface area contributed by atoms with Crippen LogP contribution in [0.3, 0.4) is 0 Å². The lowest BCUT2D eigenvalue weighted by Gasteiger charge is -2.10. The predicted octanol–water partition coefficient (Wildman–Crippen LogP) is 0.362. The van der Waals surface area contributed by atoms with Crippen LogP contribution in [0, 0.1) is 6.92 Å². The summed E-state index contributed by atoms with van der Waals surface area (Å²) in [5, 5.41) is 0. The zero-order valence-electron chi connectivity index (χ0n) is 5.47. The molecule has 0 bridgehead atoms. The lowest BCUT2D eigenvalue weighted by molar-refractivity contribution is -0.115. The molecule has 1 aliphatic rings. The molecule has 1 heterocycles. The van der Waals surface area contributed by atoms with E-state index in [1.807, 2.05) is 0 Å². The minimum absolute atomic E-state index is 0.211. The van der Waals surface area contributed by atoms with Gasteiger partial charge in [-0.3, -0.25) is 9.69 Å². The molecule has 1 aliphatic heterocycles. The van der Waals surface area contributed by atoms with Gasteiger partial charge in [0.05, 0.1) is 6.54 Å². The van der Waals surface area contributed by atoms with Crippen LogP contribution in [0.1, 0.15) is 12.8 Å². The number of hydrogen-bond donors (Lipinski definition) is 0. The Kier molecular flexibility index (Phi) is 2.22. The first-order valence-electron chi connectivity index (χ1n) is 3.30. The van der Waals surface area contributed by atoms with Crippen LogP contribution >= 0.6 is 0 Å². The van der Waals surface area contributed by atoms with Crippen LogP contribution < -0.4 is 0 Å². The van der Waals surface area contributed by atoms with Crippen molar-refractivity contribution in [2.75, 3.05) is 19.6 Å². The van der Waals surface area contributed by atoms with Crippen molar-refractivity contribution in [1.82, 2.24) is 4.90 Å². The van der Waals surface area contributed by atoms with E-state index in [4.69, 9.17) is 6.92 Å². The fourth-order valence-electron chi connectivity index (χ4n) is 1.16. The molecule has 0 unspecified atom stereocenters. The Balaban J connectivity index is 2.19. The maximum atomic E-state index is 10.3. The number of Topliss-reactive ketones (excluding diaryl/α,β-unsaturated/α-hetero) is 1. The molecule has 0 spiro atoms. The number of hydrogen-bond acceptors (Lipinski definition) is 2. The second kappa shape index (κ2) is 2.97. The third-order valence-corrected chi connectivity index (χ3v) is 1.58. The average molecular weight is 125 g/mol. The number of likely N-dealkylation sites (tertiary alicyclic amines) is 1. The molecule has 0 aromatic carbocycles. The van der Waals surface area contributed by atoms with Gasteiger partial charge in [-0.1, -0.05) is 0 Å². The van der Waals surface area contributed by atoms with Crippen LogP contribution in [0.4, 0.5) is 0 Å². The first kappa shape index (κ1) is 6.75. The van der Waals surface area contributed by atoms with Crippen LogP contribution in [-0.4, -0.2) is 30.3 Å². The summed E-state index contributed by atoms with van der Waals surface area (Å²) in [6.45, 7) is 7.53. The fraction of sp³-hybridized carbons (Fsp3) is 0.714. The zero-order chi connectivity index (χ0) is 6.69. The van der Waals surface area contributed by atoms with Gasteiger partial charge in [-0.15, -0.1) is 0 Å². The molecule has 1 fully saturated rings. The quantitative estimate of drug-likeness (QED) is 0.531. The van der Waals surface area contributed by atoms with Gasteiger partial charge in [-0.05, 0) is 25.9 Å². The maximum absolute atomic E-state index is 10.3. The lowest BCUT2D eigenvalue weighted by atomic mass is 10.4. The molecule has 0 amide bonds. The fourth-order valence-corrected chi connectivity index (χ4v) is 1.16. The number of ketones is 1. The van der Waals surface area contributed by atoms with E-state index >= 15 is 0 Å². The molecular formula is C7H11NO. The van der Waals surface area contributed by atoms with Crippen LogP contribution in [0.5, 0.6) is 0 Å². The maximum Gasteiger partial charge on any atom is 0.151 e. The molecule has 0 aliphatic carbocycles. The highest BCUT2D eigenvalue weighted by atomic mass is 16.1. The normalized spacial score (nSPS) is 20.6. The van der Waals surface area contributed by atoms with Crippen LogP contribution in [0.15, 0.2) is 0 Å². The van der Waals surface area contributed by atoms with Gasteiger partial charge in [0.25, 0.3) is 0 Å². The highest BCUT2D eigenvalue weighted by molar-refractivity contribution is 5.84. The van der Waals surface area contributed by atoms with Gasteiger partial charge < -0.3 is 0 Å². The van der Waals surface area contributed by atoms with E-state index in [1.165, 1.54) is 12.8 Å². The van der Waals surface area contributed by atoms with Crippen molar-refractivity contribution in [3.63, 3.8) is 0 Å². The minimum Gasteiger partial charge on any atom is -0.298 e. The van der Waals surface area contributed by atoms with Crippen molar-refractivity contribution >= 4 is 5.78 Å². The Hall–Kier alpha value is -0.370. The largest absolute Gasteiger partial charge is 0.298 e. The Bertz CT molecular complexity index is 105. The van der Waals surface area contributed by atoms with Crippen molar-refractivity contribution in [3.8, 4) is 0 Å². The highest BCUT2D eigenvalue weighted by Crippen LogP contribution is 2.05. The molecule has 1 saturated heterocycles. The standard InChI is InChI=1S/C7H11NO/c1-7(9)6-8-4-2-3-5-8/h1H,2-6H2. The highest BCUT2D eigenvalue weighted by Gasteiger charge is 2.11. The summed E-state index contributed by atoms with van der Waals surface area (Å²) in [6, 6.07) is 0. The molecule has 2 heteroatoms. The lowest BCUT2D eigenvalue weighted by Crippen LogP contribution is -2.25. The monoisotopic (exact) mass is 125 g/mol. The van der Waals surface area contributed by atoms with E-state index in [0.29, 0.717) is 6.54 Å². The van der Waals surface area contributed by atoms with Gasteiger partial charge in [0.1, 0.15) is 0 Å². The number of rotatable bonds is 2. The van der Waals surface area contributed by atoms with Crippen LogP contribution in [0.25, 0.3) is 0 Å². The molecule has 2 nitrogen and oxygen atoms in total. The van der Waals surface area contributed by atoms with Gasteiger partial charge in [0, 0.05) is 6.92 Å². The van der Waals surface area contributed by atoms with Crippen molar-refractivity contribution in [3.05, 3.63) is 6.92 Å². The van der Waals surface area contributed by atoms with E-state index in [9.17, 15) is 4.79 Å². The van der Waals surface area contributed by atoms with E-state index in [-0.39, 0.29) is 5.78 Å². The molecule has 2 radical (unpaired) electrons. The van der Waals surface area contributed by atoms with Gasteiger partial charge in [-0.2, -0.15) is 0 Å².